The van der Waals surface area contributed by atoms with Crippen molar-refractivity contribution in [3.63, 3.8) is 0 Å². The molecule has 29 heavy (non-hydrogen) atoms. The van der Waals surface area contributed by atoms with Gasteiger partial charge < -0.3 is 15.6 Å². The average molecular weight is 385 g/mol. The van der Waals surface area contributed by atoms with Crippen LogP contribution >= 0.6 is 0 Å². The fourth-order valence-electron chi connectivity index (χ4n) is 3.36. The summed E-state index contributed by atoms with van der Waals surface area (Å²) in [5.41, 5.74) is 4.71. The summed E-state index contributed by atoms with van der Waals surface area (Å²) in [6, 6.07) is 17.8. The van der Waals surface area contributed by atoms with Crippen LogP contribution in [0.3, 0.4) is 0 Å². The minimum atomic E-state index is -0.206. The summed E-state index contributed by atoms with van der Waals surface area (Å²) in [6.45, 7) is 4.34. The molecule has 2 aromatic carbocycles. The lowest BCUT2D eigenvalue weighted by atomic mass is 10.1. The van der Waals surface area contributed by atoms with Crippen LogP contribution in [0.2, 0.25) is 0 Å². The van der Waals surface area contributed by atoms with Gasteiger partial charge in [0.2, 0.25) is 0 Å². The summed E-state index contributed by atoms with van der Waals surface area (Å²) in [5, 5.41) is 7.39. The number of carbonyl (C=O) groups is 1. The third-order valence-corrected chi connectivity index (χ3v) is 4.72. The smallest absolute Gasteiger partial charge is 0.270 e. The lowest BCUT2D eigenvalue weighted by Crippen LogP contribution is -2.27. The molecular weight excluding hydrogens is 362 g/mol. The molecule has 0 atom stereocenters. The van der Waals surface area contributed by atoms with Gasteiger partial charge in [0, 0.05) is 35.4 Å². The molecule has 0 bridgehead atoms. The van der Waals surface area contributed by atoms with E-state index in [-0.39, 0.29) is 5.91 Å². The van der Waals surface area contributed by atoms with Gasteiger partial charge in [0.25, 0.3) is 5.91 Å². The van der Waals surface area contributed by atoms with Gasteiger partial charge in [-0.1, -0.05) is 30.3 Å². The first-order chi connectivity index (χ1) is 14.1. The number of para-hydroxylation sites is 1. The number of H-pyrrole nitrogens is 1. The molecule has 6 heteroatoms. The number of carbonyl (C=O) groups excluding carboxylic acids is 1. The van der Waals surface area contributed by atoms with Crippen LogP contribution in [-0.2, 0) is 6.42 Å². The van der Waals surface area contributed by atoms with Crippen molar-refractivity contribution in [3.8, 4) is 0 Å². The topological polar surface area (TPSA) is 82.7 Å². The number of rotatable bonds is 6. The van der Waals surface area contributed by atoms with Gasteiger partial charge in [-0.2, -0.15) is 0 Å². The molecule has 1 amide bonds. The number of amides is 1. The average Bonchev–Trinajstić information content (AvgIpc) is 3.11. The number of aromatic nitrogens is 3. The van der Waals surface area contributed by atoms with Gasteiger partial charge >= 0.3 is 0 Å². The summed E-state index contributed by atoms with van der Waals surface area (Å²) in [4.78, 5) is 24.5. The Labute approximate surface area is 169 Å². The molecule has 2 heterocycles. The van der Waals surface area contributed by atoms with Crippen LogP contribution < -0.4 is 10.6 Å². The fraction of sp³-hybridized carbons (Fsp3) is 0.174. The minimum absolute atomic E-state index is 0.206. The predicted octanol–water partition coefficient (Wildman–Crippen LogP) is 4.29. The van der Waals surface area contributed by atoms with Gasteiger partial charge in [0.05, 0.1) is 0 Å². The van der Waals surface area contributed by atoms with E-state index in [1.807, 2.05) is 55.6 Å². The lowest BCUT2D eigenvalue weighted by Gasteiger charge is -2.10. The second-order valence-electron chi connectivity index (χ2n) is 7.05. The number of anilines is 2. The van der Waals surface area contributed by atoms with E-state index < -0.39 is 0 Å². The second-order valence-corrected chi connectivity index (χ2v) is 7.05. The molecule has 0 saturated heterocycles. The number of nitrogens with zero attached hydrogens (tertiary/aromatic N) is 2. The summed E-state index contributed by atoms with van der Waals surface area (Å²) in [5.74, 6) is 0.942. The maximum absolute atomic E-state index is 12.6. The molecule has 0 radical (unpaired) electrons. The number of benzene rings is 2. The predicted molar refractivity (Wildman–Crippen MR) is 116 cm³/mol. The van der Waals surface area contributed by atoms with Gasteiger partial charge in [-0.05, 0) is 49.6 Å². The highest BCUT2D eigenvalue weighted by atomic mass is 16.1. The van der Waals surface area contributed by atoms with E-state index in [9.17, 15) is 4.79 Å². The first kappa shape index (κ1) is 18.7. The van der Waals surface area contributed by atoms with Crippen molar-refractivity contribution < 1.29 is 4.79 Å². The number of hydrogen-bond acceptors (Lipinski definition) is 4. The van der Waals surface area contributed by atoms with Crippen molar-refractivity contribution >= 4 is 28.3 Å². The maximum atomic E-state index is 12.6. The number of aryl methyl sites for hydroxylation is 2. The van der Waals surface area contributed by atoms with Crippen molar-refractivity contribution in [3.05, 3.63) is 83.4 Å². The Morgan fingerprint density at radius 2 is 1.90 bits per heavy atom. The number of fused-ring (bicyclic) bond motifs is 1. The lowest BCUT2D eigenvalue weighted by molar-refractivity contribution is 0.0949. The van der Waals surface area contributed by atoms with E-state index >= 15 is 0 Å². The Kier molecular flexibility index (Phi) is 5.24. The molecule has 0 spiro atoms. The normalized spacial score (nSPS) is 10.8. The maximum Gasteiger partial charge on any atom is 0.270 e. The first-order valence-electron chi connectivity index (χ1n) is 9.61. The zero-order valence-corrected chi connectivity index (χ0v) is 16.5. The third kappa shape index (κ3) is 4.43. The third-order valence-electron chi connectivity index (χ3n) is 4.72. The standard InChI is InChI=1S/C23H23N5O/c1-15-6-5-7-18(12-15)28-22-13-21(26-16(2)27-22)23(29)24-11-10-17-14-25-20-9-4-3-8-19(17)20/h3-9,12-14,25H,10-11H2,1-2H3,(H,24,29)(H,26,27,28). The molecule has 6 nitrogen and oxygen atoms in total. The Morgan fingerprint density at radius 1 is 1.03 bits per heavy atom. The van der Waals surface area contributed by atoms with Gasteiger partial charge in [0.15, 0.2) is 0 Å². The number of hydrogen-bond donors (Lipinski definition) is 3. The largest absolute Gasteiger partial charge is 0.361 e. The van der Waals surface area contributed by atoms with Crippen LogP contribution in [0.15, 0.2) is 60.8 Å². The van der Waals surface area contributed by atoms with Crippen LogP contribution in [0.5, 0.6) is 0 Å². The SMILES string of the molecule is Cc1cccc(Nc2cc(C(=O)NCCc3c[nH]c4ccccc34)nc(C)n2)c1. The molecule has 0 aliphatic carbocycles. The molecule has 0 fully saturated rings. The summed E-state index contributed by atoms with van der Waals surface area (Å²) in [6.07, 6.45) is 2.74. The molecule has 3 N–H and O–H groups in total. The van der Waals surface area contributed by atoms with Crippen molar-refractivity contribution in [2.75, 3.05) is 11.9 Å². The monoisotopic (exact) mass is 385 g/mol. The molecule has 146 valence electrons. The zero-order chi connectivity index (χ0) is 20.2. The van der Waals surface area contributed by atoms with Crippen LogP contribution in [-0.4, -0.2) is 27.4 Å². The quantitative estimate of drug-likeness (QED) is 0.462. The van der Waals surface area contributed by atoms with E-state index in [1.54, 1.807) is 13.0 Å². The highest BCUT2D eigenvalue weighted by Gasteiger charge is 2.11. The highest BCUT2D eigenvalue weighted by molar-refractivity contribution is 5.93. The minimum Gasteiger partial charge on any atom is -0.361 e. The number of aromatic amines is 1. The molecule has 4 aromatic rings. The van der Waals surface area contributed by atoms with E-state index in [1.165, 1.54) is 10.9 Å². The summed E-state index contributed by atoms with van der Waals surface area (Å²) >= 11 is 0. The zero-order valence-electron chi connectivity index (χ0n) is 16.5. The van der Waals surface area contributed by atoms with Crippen LogP contribution in [0, 0.1) is 13.8 Å². The first-order valence-corrected chi connectivity index (χ1v) is 9.61. The number of nitrogens with one attached hydrogen (secondary N) is 3. The molecule has 0 aliphatic rings. The fourth-order valence-corrected chi connectivity index (χ4v) is 3.36. The van der Waals surface area contributed by atoms with Gasteiger partial charge in [-0.25, -0.2) is 9.97 Å². The molecule has 0 aliphatic heterocycles. The van der Waals surface area contributed by atoms with Crippen molar-refractivity contribution in [1.82, 2.24) is 20.3 Å². The van der Waals surface area contributed by atoms with Crippen molar-refractivity contribution in [2.45, 2.75) is 20.3 Å². The van der Waals surface area contributed by atoms with E-state index in [4.69, 9.17) is 0 Å². The highest BCUT2D eigenvalue weighted by Crippen LogP contribution is 2.18. The molecule has 2 aromatic heterocycles. The van der Waals surface area contributed by atoms with E-state index in [0.29, 0.717) is 23.9 Å². The van der Waals surface area contributed by atoms with Crippen LogP contribution in [0.4, 0.5) is 11.5 Å². The van der Waals surface area contributed by atoms with Crippen LogP contribution in [0.25, 0.3) is 10.9 Å². The molecule has 4 rings (SSSR count). The summed E-state index contributed by atoms with van der Waals surface area (Å²) in [7, 11) is 0. The van der Waals surface area contributed by atoms with Crippen LogP contribution in [0.1, 0.15) is 27.4 Å². The Bertz CT molecular complexity index is 1160. The van der Waals surface area contributed by atoms with Gasteiger partial charge in [0.1, 0.15) is 17.3 Å². The molecule has 0 unspecified atom stereocenters. The Morgan fingerprint density at radius 3 is 2.76 bits per heavy atom. The van der Waals surface area contributed by atoms with E-state index in [2.05, 4.69) is 31.7 Å². The summed E-state index contributed by atoms with van der Waals surface area (Å²) < 4.78 is 0. The van der Waals surface area contributed by atoms with Gasteiger partial charge in [-0.3, -0.25) is 4.79 Å². The van der Waals surface area contributed by atoms with Crippen molar-refractivity contribution in [1.29, 1.82) is 0 Å². The Balaban J connectivity index is 1.42. The Hall–Kier alpha value is -3.67. The molecular formula is C23H23N5O. The van der Waals surface area contributed by atoms with Crippen molar-refractivity contribution in [2.24, 2.45) is 0 Å². The van der Waals surface area contributed by atoms with E-state index in [0.717, 1.165) is 23.2 Å². The second kappa shape index (κ2) is 8.14. The van der Waals surface area contributed by atoms with Gasteiger partial charge in [-0.15, -0.1) is 0 Å². The molecule has 0 saturated carbocycles.